The first kappa shape index (κ1) is 18.1. The number of nitrogens with one attached hydrogen (secondary N) is 1. The summed E-state index contributed by atoms with van der Waals surface area (Å²) in [4.78, 5) is 12.4. The molecule has 2 aromatic rings. The molecule has 3 nitrogen and oxygen atoms in total. The number of hydrogen-bond acceptors (Lipinski definition) is 3. The summed E-state index contributed by atoms with van der Waals surface area (Å²) in [6.45, 7) is 2.70. The number of amides is 1. The predicted molar refractivity (Wildman–Crippen MR) is 106 cm³/mol. The summed E-state index contributed by atoms with van der Waals surface area (Å²) in [5.41, 5.74) is 0. The molecule has 1 N–H and O–H groups in total. The van der Waals surface area contributed by atoms with E-state index in [4.69, 9.17) is 4.74 Å². The zero-order valence-electron chi connectivity index (χ0n) is 14.9. The molecule has 1 amide bonds. The molecule has 0 radical (unpaired) electrons. The Kier molecular flexibility index (Phi) is 6.62. The van der Waals surface area contributed by atoms with Crippen molar-refractivity contribution in [3.63, 3.8) is 0 Å². The van der Waals surface area contributed by atoms with E-state index in [0.29, 0.717) is 6.42 Å². The van der Waals surface area contributed by atoms with Crippen molar-refractivity contribution in [2.45, 2.75) is 50.4 Å². The fraction of sp³-hybridized carbons (Fsp3) is 0.476. The lowest BCUT2D eigenvalue weighted by Gasteiger charge is -2.18. The van der Waals surface area contributed by atoms with Gasteiger partial charge in [-0.1, -0.05) is 50.1 Å². The van der Waals surface area contributed by atoms with E-state index in [0.717, 1.165) is 28.7 Å². The van der Waals surface area contributed by atoms with Gasteiger partial charge in [-0.25, -0.2) is 0 Å². The third-order valence-electron chi connectivity index (χ3n) is 4.72. The van der Waals surface area contributed by atoms with Crippen molar-refractivity contribution in [2.75, 3.05) is 12.3 Å². The molecule has 2 aromatic carbocycles. The van der Waals surface area contributed by atoms with Crippen LogP contribution in [-0.4, -0.2) is 29.6 Å². The monoisotopic (exact) mass is 357 g/mol. The largest absolute Gasteiger partial charge is 0.481 e. The Morgan fingerprint density at radius 3 is 2.72 bits per heavy atom. The maximum Gasteiger partial charge on any atom is 0.261 e. The maximum atomic E-state index is 12.4. The smallest absolute Gasteiger partial charge is 0.261 e. The van der Waals surface area contributed by atoms with Gasteiger partial charge in [0.15, 0.2) is 6.10 Å². The third-order valence-corrected chi connectivity index (χ3v) is 6.10. The zero-order valence-corrected chi connectivity index (χ0v) is 15.7. The summed E-state index contributed by atoms with van der Waals surface area (Å²) in [6.07, 6.45) is 5.62. The Bertz CT molecular complexity index is 697. The first-order valence-corrected chi connectivity index (χ1v) is 10.4. The summed E-state index contributed by atoms with van der Waals surface area (Å²) in [7, 11) is 0. The molecule has 4 heteroatoms. The highest BCUT2D eigenvalue weighted by molar-refractivity contribution is 7.99. The van der Waals surface area contributed by atoms with Crippen molar-refractivity contribution in [3.8, 4) is 5.75 Å². The van der Waals surface area contributed by atoms with E-state index in [-0.39, 0.29) is 5.91 Å². The minimum Gasteiger partial charge on any atom is -0.481 e. The molecule has 25 heavy (non-hydrogen) atoms. The van der Waals surface area contributed by atoms with Crippen LogP contribution in [0.4, 0.5) is 0 Å². The number of hydrogen-bond donors (Lipinski definition) is 1. The van der Waals surface area contributed by atoms with Crippen molar-refractivity contribution in [1.29, 1.82) is 0 Å². The summed E-state index contributed by atoms with van der Waals surface area (Å²) >= 11 is 2.00. The van der Waals surface area contributed by atoms with Crippen LogP contribution in [0.2, 0.25) is 0 Å². The molecule has 0 aliphatic heterocycles. The molecule has 1 aliphatic carbocycles. The van der Waals surface area contributed by atoms with E-state index >= 15 is 0 Å². The van der Waals surface area contributed by atoms with Gasteiger partial charge in [-0.3, -0.25) is 4.79 Å². The Morgan fingerprint density at radius 1 is 1.20 bits per heavy atom. The number of carbonyl (C=O) groups is 1. The first-order valence-electron chi connectivity index (χ1n) is 9.31. The maximum absolute atomic E-state index is 12.4. The van der Waals surface area contributed by atoms with Crippen LogP contribution in [0, 0.1) is 0 Å². The normalized spacial score (nSPS) is 16.0. The molecule has 1 saturated carbocycles. The summed E-state index contributed by atoms with van der Waals surface area (Å²) in [5, 5.41) is 6.13. The van der Waals surface area contributed by atoms with E-state index in [1.807, 2.05) is 49.0 Å². The zero-order chi connectivity index (χ0) is 17.5. The second-order valence-electron chi connectivity index (χ2n) is 6.59. The molecular formula is C21H27NO2S. The molecule has 0 spiro atoms. The lowest BCUT2D eigenvalue weighted by Crippen LogP contribution is -2.39. The highest BCUT2D eigenvalue weighted by Gasteiger charge is 2.19. The van der Waals surface area contributed by atoms with Gasteiger partial charge in [-0.15, -0.1) is 0 Å². The number of benzene rings is 2. The fourth-order valence-corrected chi connectivity index (χ4v) is 4.52. The minimum absolute atomic E-state index is 0.0114. The van der Waals surface area contributed by atoms with Crippen LogP contribution in [-0.2, 0) is 4.79 Å². The average molecular weight is 358 g/mol. The van der Waals surface area contributed by atoms with Crippen LogP contribution in [0.3, 0.4) is 0 Å². The van der Waals surface area contributed by atoms with Crippen LogP contribution >= 0.6 is 11.8 Å². The molecule has 0 saturated heterocycles. The Hall–Kier alpha value is -1.68. The number of carbonyl (C=O) groups excluding carboxylic acids is 1. The molecular weight excluding hydrogens is 330 g/mol. The number of rotatable bonds is 8. The minimum atomic E-state index is -0.433. The summed E-state index contributed by atoms with van der Waals surface area (Å²) in [6, 6.07) is 14.1. The number of thioether (sulfide) groups is 1. The average Bonchev–Trinajstić information content (AvgIpc) is 3.16. The van der Waals surface area contributed by atoms with Gasteiger partial charge >= 0.3 is 0 Å². The topological polar surface area (TPSA) is 38.3 Å². The number of fused-ring (bicyclic) bond motifs is 1. The third kappa shape index (κ3) is 5.15. The fourth-order valence-electron chi connectivity index (χ4n) is 3.30. The number of ether oxygens (including phenoxy) is 1. The van der Waals surface area contributed by atoms with Crippen LogP contribution in [0.5, 0.6) is 5.75 Å². The van der Waals surface area contributed by atoms with Crippen molar-refractivity contribution < 1.29 is 9.53 Å². The van der Waals surface area contributed by atoms with Gasteiger partial charge in [0.05, 0.1) is 0 Å². The molecule has 0 bridgehead atoms. The molecule has 3 rings (SSSR count). The standard InChI is InChI=1S/C21H27NO2S/c1-2-20(21(23)22-13-14-25-19-9-5-6-10-19)24-18-12-11-16-7-3-4-8-17(16)15-18/h3-4,7-8,11-12,15,19-20H,2,5-6,9-10,13-14H2,1H3,(H,22,23)/t20-/m0/s1. The predicted octanol–water partition coefficient (Wildman–Crippen LogP) is 4.79. The molecule has 1 fully saturated rings. The quantitative estimate of drug-likeness (QED) is 0.690. The highest BCUT2D eigenvalue weighted by Crippen LogP contribution is 2.29. The first-order chi connectivity index (χ1) is 12.3. The van der Waals surface area contributed by atoms with E-state index in [1.54, 1.807) is 0 Å². The van der Waals surface area contributed by atoms with Crippen LogP contribution in [0.15, 0.2) is 42.5 Å². The highest BCUT2D eigenvalue weighted by atomic mass is 32.2. The molecule has 0 heterocycles. The molecule has 1 aliphatic rings. The van der Waals surface area contributed by atoms with Crippen molar-refractivity contribution in [2.24, 2.45) is 0 Å². The Morgan fingerprint density at radius 2 is 1.96 bits per heavy atom. The van der Waals surface area contributed by atoms with Crippen molar-refractivity contribution in [1.82, 2.24) is 5.32 Å². The molecule has 0 unspecified atom stereocenters. The van der Waals surface area contributed by atoms with Gasteiger partial charge in [0.2, 0.25) is 0 Å². The second kappa shape index (κ2) is 9.14. The Balaban J connectivity index is 1.49. The van der Waals surface area contributed by atoms with Gasteiger partial charge in [0.1, 0.15) is 5.75 Å². The van der Waals surface area contributed by atoms with E-state index in [9.17, 15) is 4.79 Å². The molecule has 134 valence electrons. The SMILES string of the molecule is CC[C@H](Oc1ccc2ccccc2c1)C(=O)NCCSC1CCCC1. The molecule has 0 aromatic heterocycles. The second-order valence-corrected chi connectivity index (χ2v) is 8.00. The van der Waals surface area contributed by atoms with E-state index in [2.05, 4.69) is 17.4 Å². The van der Waals surface area contributed by atoms with E-state index in [1.165, 1.54) is 31.1 Å². The lowest BCUT2D eigenvalue weighted by atomic mass is 10.1. The summed E-state index contributed by atoms with van der Waals surface area (Å²) < 4.78 is 5.95. The van der Waals surface area contributed by atoms with Crippen molar-refractivity contribution >= 4 is 28.4 Å². The van der Waals surface area contributed by atoms with Gasteiger partial charge in [0.25, 0.3) is 5.91 Å². The summed E-state index contributed by atoms with van der Waals surface area (Å²) in [5.74, 6) is 1.73. The van der Waals surface area contributed by atoms with Gasteiger partial charge < -0.3 is 10.1 Å². The Labute approximate surface area is 154 Å². The van der Waals surface area contributed by atoms with Crippen LogP contribution < -0.4 is 10.1 Å². The molecule has 1 atom stereocenters. The van der Waals surface area contributed by atoms with Gasteiger partial charge in [0, 0.05) is 17.5 Å². The van der Waals surface area contributed by atoms with E-state index < -0.39 is 6.10 Å². The van der Waals surface area contributed by atoms with Crippen molar-refractivity contribution in [3.05, 3.63) is 42.5 Å². The van der Waals surface area contributed by atoms with Gasteiger partial charge in [-0.05, 0) is 42.2 Å². The lowest BCUT2D eigenvalue weighted by molar-refractivity contribution is -0.127. The van der Waals surface area contributed by atoms with Gasteiger partial charge in [-0.2, -0.15) is 11.8 Å². The van der Waals surface area contributed by atoms with Crippen LogP contribution in [0.1, 0.15) is 39.0 Å². The van der Waals surface area contributed by atoms with Crippen LogP contribution in [0.25, 0.3) is 10.8 Å².